The van der Waals surface area contributed by atoms with Gasteiger partial charge in [0, 0.05) is 25.2 Å². The minimum Gasteiger partial charge on any atom is -0.493 e. The molecule has 8 heteroatoms. The van der Waals surface area contributed by atoms with Gasteiger partial charge in [-0.15, -0.1) is 0 Å². The highest BCUT2D eigenvalue weighted by molar-refractivity contribution is 6.32. The van der Waals surface area contributed by atoms with Crippen molar-refractivity contribution in [2.24, 2.45) is 0 Å². The summed E-state index contributed by atoms with van der Waals surface area (Å²) in [6.45, 7) is 2.47. The lowest BCUT2D eigenvalue weighted by atomic mass is 9.92. The van der Waals surface area contributed by atoms with Gasteiger partial charge in [0.25, 0.3) is 5.91 Å². The highest BCUT2D eigenvalue weighted by Crippen LogP contribution is 2.33. The summed E-state index contributed by atoms with van der Waals surface area (Å²) in [5.41, 5.74) is 1.79. The van der Waals surface area contributed by atoms with Crippen LogP contribution in [0.2, 0.25) is 5.02 Å². The number of ether oxygens (including phenoxy) is 4. The fourth-order valence-electron chi connectivity index (χ4n) is 3.69. The van der Waals surface area contributed by atoms with E-state index in [-0.39, 0.29) is 0 Å². The number of imide groups is 1. The monoisotopic (exact) mass is 445 g/mol. The standard InChI is InChI=1S/C23H24ClNO6/c24-19-14-16(15-7-11-28-12-8-15)5-6-20(19)30-10-2-9-29-18-4-1-3-17(13-18)21-22(26)25-23(27)31-21/h1,3-6,13-15,21H,2,7-12H2,(H,25,26,27). The number of hydrogen-bond donors (Lipinski definition) is 1. The Morgan fingerprint density at radius 2 is 1.81 bits per heavy atom. The Bertz CT molecular complexity index is 943. The Labute approximate surface area is 185 Å². The molecular weight excluding hydrogens is 422 g/mol. The predicted molar refractivity (Wildman–Crippen MR) is 114 cm³/mol. The molecule has 2 heterocycles. The summed E-state index contributed by atoms with van der Waals surface area (Å²) >= 11 is 6.40. The van der Waals surface area contributed by atoms with E-state index in [4.69, 9.17) is 30.5 Å². The molecule has 1 N–H and O–H groups in total. The lowest BCUT2D eigenvalue weighted by Gasteiger charge is -2.23. The van der Waals surface area contributed by atoms with Crippen molar-refractivity contribution in [1.82, 2.24) is 5.32 Å². The number of carbonyl (C=O) groups is 2. The van der Waals surface area contributed by atoms with Crippen molar-refractivity contribution >= 4 is 23.6 Å². The van der Waals surface area contributed by atoms with Crippen molar-refractivity contribution in [3.05, 3.63) is 58.6 Å². The average molecular weight is 446 g/mol. The lowest BCUT2D eigenvalue weighted by molar-refractivity contribution is -0.123. The molecule has 2 aromatic carbocycles. The van der Waals surface area contributed by atoms with Gasteiger partial charge in [-0.1, -0.05) is 29.8 Å². The van der Waals surface area contributed by atoms with E-state index in [1.807, 2.05) is 12.1 Å². The van der Waals surface area contributed by atoms with Gasteiger partial charge in [0.2, 0.25) is 6.10 Å². The first-order valence-electron chi connectivity index (χ1n) is 10.3. The first-order valence-corrected chi connectivity index (χ1v) is 10.7. The molecule has 0 bridgehead atoms. The van der Waals surface area contributed by atoms with E-state index in [0.29, 0.717) is 47.6 Å². The van der Waals surface area contributed by atoms with Gasteiger partial charge in [-0.3, -0.25) is 10.1 Å². The van der Waals surface area contributed by atoms with Gasteiger partial charge >= 0.3 is 6.09 Å². The van der Waals surface area contributed by atoms with E-state index in [2.05, 4.69) is 11.4 Å². The van der Waals surface area contributed by atoms with Crippen LogP contribution in [0.15, 0.2) is 42.5 Å². The number of halogens is 1. The molecule has 0 aliphatic carbocycles. The third kappa shape index (κ3) is 5.48. The zero-order chi connectivity index (χ0) is 21.6. The van der Waals surface area contributed by atoms with E-state index < -0.39 is 18.1 Å². The molecule has 0 saturated carbocycles. The maximum atomic E-state index is 11.7. The Hall–Kier alpha value is -2.77. The van der Waals surface area contributed by atoms with Crippen LogP contribution in [0.1, 0.15) is 42.4 Å². The second-order valence-electron chi connectivity index (χ2n) is 7.47. The summed E-state index contributed by atoms with van der Waals surface area (Å²) in [4.78, 5) is 22.9. The van der Waals surface area contributed by atoms with Crippen LogP contribution in [0.5, 0.6) is 11.5 Å². The van der Waals surface area contributed by atoms with Gasteiger partial charge in [-0.25, -0.2) is 4.79 Å². The highest BCUT2D eigenvalue weighted by Gasteiger charge is 2.33. The maximum absolute atomic E-state index is 11.7. The molecule has 2 amide bonds. The number of rotatable bonds is 8. The molecule has 164 valence electrons. The quantitative estimate of drug-likeness (QED) is 0.607. The molecule has 2 aliphatic rings. The molecule has 7 nitrogen and oxygen atoms in total. The second-order valence-corrected chi connectivity index (χ2v) is 7.88. The molecule has 31 heavy (non-hydrogen) atoms. The molecule has 1 atom stereocenters. The normalized spacial score (nSPS) is 19.1. The fraction of sp³-hybridized carbons (Fsp3) is 0.391. The molecule has 1 unspecified atom stereocenters. The van der Waals surface area contributed by atoms with Crippen molar-refractivity contribution in [3.63, 3.8) is 0 Å². The van der Waals surface area contributed by atoms with Gasteiger partial charge < -0.3 is 18.9 Å². The van der Waals surface area contributed by atoms with Crippen molar-refractivity contribution in [2.75, 3.05) is 26.4 Å². The van der Waals surface area contributed by atoms with Gasteiger partial charge in [0.15, 0.2) is 0 Å². The molecule has 2 aromatic rings. The smallest absolute Gasteiger partial charge is 0.415 e. The topological polar surface area (TPSA) is 83.1 Å². The average Bonchev–Trinajstić information content (AvgIpc) is 3.13. The predicted octanol–water partition coefficient (Wildman–Crippen LogP) is 4.39. The molecular formula is C23H24ClNO6. The van der Waals surface area contributed by atoms with E-state index in [9.17, 15) is 9.59 Å². The maximum Gasteiger partial charge on any atom is 0.415 e. The number of alkyl carbamates (subject to hydrolysis) is 1. The van der Waals surface area contributed by atoms with Crippen LogP contribution in [0, 0.1) is 0 Å². The summed E-state index contributed by atoms with van der Waals surface area (Å²) in [5, 5.41) is 2.73. The molecule has 2 aliphatic heterocycles. The van der Waals surface area contributed by atoms with Crippen LogP contribution in [0.4, 0.5) is 4.79 Å². The molecule has 0 aromatic heterocycles. The van der Waals surface area contributed by atoms with Gasteiger partial charge in [0.05, 0.1) is 18.2 Å². The third-order valence-electron chi connectivity index (χ3n) is 5.31. The Balaban J connectivity index is 1.23. The van der Waals surface area contributed by atoms with Crippen LogP contribution >= 0.6 is 11.6 Å². The van der Waals surface area contributed by atoms with Crippen LogP contribution in [-0.4, -0.2) is 38.4 Å². The lowest BCUT2D eigenvalue weighted by Crippen LogP contribution is -2.20. The van der Waals surface area contributed by atoms with Crippen LogP contribution in [-0.2, 0) is 14.3 Å². The molecule has 0 spiro atoms. The summed E-state index contributed by atoms with van der Waals surface area (Å²) in [5.74, 6) is 1.26. The number of amides is 2. The highest BCUT2D eigenvalue weighted by atomic mass is 35.5. The Morgan fingerprint density at radius 3 is 2.55 bits per heavy atom. The molecule has 0 radical (unpaired) electrons. The van der Waals surface area contributed by atoms with E-state index in [0.717, 1.165) is 26.1 Å². The molecule has 2 saturated heterocycles. The van der Waals surface area contributed by atoms with E-state index >= 15 is 0 Å². The minimum absolute atomic E-state index is 0.428. The van der Waals surface area contributed by atoms with Crippen molar-refractivity contribution < 1.29 is 28.5 Å². The Morgan fingerprint density at radius 1 is 1.00 bits per heavy atom. The van der Waals surface area contributed by atoms with Gasteiger partial charge in [0.1, 0.15) is 11.5 Å². The van der Waals surface area contributed by atoms with Gasteiger partial charge in [-0.2, -0.15) is 0 Å². The second kappa shape index (κ2) is 10.0. The number of nitrogens with one attached hydrogen (secondary N) is 1. The third-order valence-corrected chi connectivity index (χ3v) is 5.61. The number of cyclic esters (lactones) is 1. The number of hydrogen-bond acceptors (Lipinski definition) is 6. The fourth-order valence-corrected chi connectivity index (χ4v) is 3.94. The number of benzene rings is 2. The zero-order valence-corrected chi connectivity index (χ0v) is 17.7. The first-order chi connectivity index (χ1) is 15.1. The van der Waals surface area contributed by atoms with Crippen molar-refractivity contribution in [1.29, 1.82) is 0 Å². The van der Waals surface area contributed by atoms with Gasteiger partial charge in [-0.05, 0) is 48.6 Å². The first kappa shape index (κ1) is 21.5. The minimum atomic E-state index is -0.939. The SMILES string of the molecule is O=C1NC(=O)C(c2cccc(OCCCOc3ccc(C4CCOCC4)cc3Cl)c2)O1. The van der Waals surface area contributed by atoms with E-state index in [1.54, 1.807) is 24.3 Å². The summed E-state index contributed by atoms with van der Waals surface area (Å²) in [7, 11) is 0. The number of carbonyl (C=O) groups excluding carboxylic acids is 2. The van der Waals surface area contributed by atoms with E-state index in [1.165, 1.54) is 5.56 Å². The summed E-state index contributed by atoms with van der Waals surface area (Å²) < 4.78 is 21.9. The zero-order valence-electron chi connectivity index (χ0n) is 17.0. The summed E-state index contributed by atoms with van der Waals surface area (Å²) in [6, 6.07) is 12.9. The van der Waals surface area contributed by atoms with Crippen LogP contribution in [0.3, 0.4) is 0 Å². The van der Waals surface area contributed by atoms with Crippen LogP contribution in [0.25, 0.3) is 0 Å². The molecule has 4 rings (SSSR count). The van der Waals surface area contributed by atoms with Crippen LogP contribution < -0.4 is 14.8 Å². The summed E-state index contributed by atoms with van der Waals surface area (Å²) in [6.07, 6.45) is 1.01. The molecule has 2 fully saturated rings. The Kier molecular flexibility index (Phi) is 6.94. The van der Waals surface area contributed by atoms with Crippen molar-refractivity contribution in [3.8, 4) is 11.5 Å². The van der Waals surface area contributed by atoms with Crippen molar-refractivity contribution in [2.45, 2.75) is 31.3 Å². The largest absolute Gasteiger partial charge is 0.493 e.